The van der Waals surface area contributed by atoms with Gasteiger partial charge in [0.15, 0.2) is 0 Å². The summed E-state index contributed by atoms with van der Waals surface area (Å²) in [5, 5.41) is 8.52. The molecule has 4 nitrogen and oxygen atoms in total. The maximum atomic E-state index is 10.4. The Hall–Kier alpha value is -1.49. The van der Waals surface area contributed by atoms with Crippen molar-refractivity contribution in [3.05, 3.63) is 35.8 Å². The fraction of sp³-hybridized carbons (Fsp3) is 0.273. The van der Waals surface area contributed by atoms with Crippen molar-refractivity contribution >= 4 is 23.4 Å². The molecule has 0 aliphatic carbocycles. The molecule has 2 aromatic rings. The summed E-state index contributed by atoms with van der Waals surface area (Å²) in [6.07, 6.45) is 3.95. The maximum absolute atomic E-state index is 10.4. The highest BCUT2D eigenvalue weighted by Gasteiger charge is 2.03. The predicted octanol–water partition coefficient (Wildman–Crippen LogP) is 1.96. The van der Waals surface area contributed by atoms with Crippen molar-refractivity contribution in [3.63, 3.8) is 0 Å². The van der Waals surface area contributed by atoms with Gasteiger partial charge in [-0.3, -0.25) is 4.79 Å². The van der Waals surface area contributed by atoms with Crippen LogP contribution in [0.1, 0.15) is 11.3 Å². The summed E-state index contributed by atoms with van der Waals surface area (Å²) >= 11 is 1.36. The van der Waals surface area contributed by atoms with Gasteiger partial charge >= 0.3 is 5.97 Å². The number of carboxylic acid groups (broad SMARTS) is 1. The van der Waals surface area contributed by atoms with Crippen LogP contribution < -0.4 is 0 Å². The lowest BCUT2D eigenvalue weighted by atomic mass is 10.3. The number of hydrogen-bond acceptors (Lipinski definition) is 3. The molecule has 2 heterocycles. The fourth-order valence-electron chi connectivity index (χ4n) is 1.47. The van der Waals surface area contributed by atoms with Crippen molar-refractivity contribution in [1.82, 2.24) is 9.38 Å². The van der Waals surface area contributed by atoms with Gasteiger partial charge in [0.05, 0.1) is 11.4 Å². The Morgan fingerprint density at radius 1 is 1.50 bits per heavy atom. The van der Waals surface area contributed by atoms with Crippen LogP contribution in [-0.4, -0.2) is 26.2 Å². The van der Waals surface area contributed by atoms with Gasteiger partial charge in [0, 0.05) is 18.1 Å². The van der Waals surface area contributed by atoms with Gasteiger partial charge in [-0.25, -0.2) is 4.98 Å². The van der Waals surface area contributed by atoms with E-state index < -0.39 is 5.97 Å². The molecule has 0 atom stereocenters. The van der Waals surface area contributed by atoms with Crippen molar-refractivity contribution < 1.29 is 9.90 Å². The zero-order chi connectivity index (χ0) is 11.5. The Morgan fingerprint density at radius 3 is 3.06 bits per heavy atom. The van der Waals surface area contributed by atoms with Gasteiger partial charge in [0.2, 0.25) is 0 Å². The molecule has 5 heteroatoms. The Kier molecular flexibility index (Phi) is 3.14. The van der Waals surface area contributed by atoms with Gasteiger partial charge < -0.3 is 9.51 Å². The number of thioether (sulfide) groups is 1. The van der Waals surface area contributed by atoms with E-state index in [1.807, 2.05) is 35.9 Å². The number of imidazole rings is 1. The Labute approximate surface area is 97.3 Å². The number of nitrogens with zero attached hydrogens (tertiary/aromatic N) is 2. The van der Waals surface area contributed by atoms with Crippen molar-refractivity contribution in [3.8, 4) is 0 Å². The van der Waals surface area contributed by atoms with Gasteiger partial charge in [-0.1, -0.05) is 6.07 Å². The summed E-state index contributed by atoms with van der Waals surface area (Å²) in [7, 11) is 0. The molecule has 0 fully saturated rings. The molecule has 2 rings (SSSR count). The number of aromatic nitrogens is 2. The van der Waals surface area contributed by atoms with Crippen molar-refractivity contribution in [1.29, 1.82) is 0 Å². The molecule has 0 spiro atoms. The molecule has 0 bridgehead atoms. The summed E-state index contributed by atoms with van der Waals surface area (Å²) in [6, 6.07) is 3.97. The highest BCUT2D eigenvalue weighted by molar-refractivity contribution is 7.99. The summed E-state index contributed by atoms with van der Waals surface area (Å²) in [5.41, 5.74) is 2.99. The highest BCUT2D eigenvalue weighted by atomic mass is 32.2. The molecule has 0 aromatic carbocycles. The third-order valence-electron chi connectivity index (χ3n) is 2.12. The predicted molar refractivity (Wildman–Crippen MR) is 63.7 cm³/mol. The van der Waals surface area contributed by atoms with Crippen molar-refractivity contribution in [2.45, 2.75) is 12.7 Å². The Morgan fingerprint density at radius 2 is 2.31 bits per heavy atom. The lowest BCUT2D eigenvalue weighted by Gasteiger charge is -1.93. The minimum absolute atomic E-state index is 0.118. The van der Waals surface area contributed by atoms with E-state index in [4.69, 9.17) is 5.11 Å². The number of hydrogen-bond donors (Lipinski definition) is 1. The molecule has 16 heavy (non-hydrogen) atoms. The van der Waals surface area contributed by atoms with Crippen LogP contribution in [0.25, 0.3) is 5.65 Å². The molecule has 0 radical (unpaired) electrons. The largest absolute Gasteiger partial charge is 0.481 e. The van der Waals surface area contributed by atoms with E-state index in [2.05, 4.69) is 4.98 Å². The number of carboxylic acids is 1. The average molecular weight is 236 g/mol. The summed E-state index contributed by atoms with van der Waals surface area (Å²) in [6.45, 7) is 2.03. The van der Waals surface area contributed by atoms with Crippen LogP contribution >= 0.6 is 11.8 Å². The van der Waals surface area contributed by atoms with E-state index in [-0.39, 0.29) is 5.75 Å². The maximum Gasteiger partial charge on any atom is 0.313 e. The molecule has 2 aromatic heterocycles. The topological polar surface area (TPSA) is 54.6 Å². The van der Waals surface area contributed by atoms with E-state index in [1.54, 1.807) is 0 Å². The first-order chi connectivity index (χ1) is 7.65. The first-order valence-electron chi connectivity index (χ1n) is 4.89. The van der Waals surface area contributed by atoms with Crippen LogP contribution in [0, 0.1) is 6.92 Å². The SMILES string of the molecule is Cc1ccc2nc(CSCC(=O)O)cn2c1. The van der Waals surface area contributed by atoms with E-state index in [0.29, 0.717) is 5.75 Å². The minimum Gasteiger partial charge on any atom is -0.481 e. The van der Waals surface area contributed by atoms with Crippen LogP contribution in [0.2, 0.25) is 0 Å². The Balaban J connectivity index is 2.10. The molecule has 0 aliphatic rings. The summed E-state index contributed by atoms with van der Waals surface area (Å²) in [5.74, 6) is -0.0375. The highest BCUT2D eigenvalue weighted by Crippen LogP contribution is 2.13. The zero-order valence-electron chi connectivity index (χ0n) is 8.88. The average Bonchev–Trinajstić information content (AvgIpc) is 2.58. The van der Waals surface area contributed by atoms with Gasteiger partial charge in [-0.2, -0.15) is 0 Å². The molecular formula is C11H12N2O2S. The number of fused-ring (bicyclic) bond motifs is 1. The monoisotopic (exact) mass is 236 g/mol. The summed E-state index contributed by atoms with van der Waals surface area (Å²) < 4.78 is 1.96. The van der Waals surface area contributed by atoms with E-state index >= 15 is 0 Å². The van der Waals surface area contributed by atoms with Crippen LogP contribution in [0.3, 0.4) is 0 Å². The second-order valence-electron chi connectivity index (χ2n) is 3.59. The summed E-state index contributed by atoms with van der Waals surface area (Å²) in [4.78, 5) is 14.8. The van der Waals surface area contributed by atoms with Crippen molar-refractivity contribution in [2.24, 2.45) is 0 Å². The van der Waals surface area contributed by atoms with E-state index in [0.717, 1.165) is 11.3 Å². The third-order valence-corrected chi connectivity index (χ3v) is 3.08. The number of aryl methyl sites for hydroxylation is 1. The van der Waals surface area contributed by atoms with Crippen LogP contribution in [0.4, 0.5) is 0 Å². The van der Waals surface area contributed by atoms with Gasteiger partial charge in [0.1, 0.15) is 5.65 Å². The quantitative estimate of drug-likeness (QED) is 0.881. The smallest absolute Gasteiger partial charge is 0.313 e. The molecule has 0 saturated carbocycles. The van der Waals surface area contributed by atoms with Gasteiger partial charge in [-0.15, -0.1) is 11.8 Å². The first-order valence-corrected chi connectivity index (χ1v) is 6.04. The van der Waals surface area contributed by atoms with Crippen LogP contribution in [0.5, 0.6) is 0 Å². The van der Waals surface area contributed by atoms with E-state index in [1.165, 1.54) is 17.3 Å². The third kappa shape index (κ3) is 2.55. The normalized spacial score (nSPS) is 10.8. The molecule has 0 amide bonds. The molecule has 0 unspecified atom stereocenters. The lowest BCUT2D eigenvalue weighted by molar-refractivity contribution is -0.133. The number of aliphatic carboxylic acids is 1. The number of carbonyl (C=O) groups is 1. The fourth-order valence-corrected chi connectivity index (χ4v) is 2.09. The van der Waals surface area contributed by atoms with E-state index in [9.17, 15) is 4.79 Å². The molecule has 0 saturated heterocycles. The van der Waals surface area contributed by atoms with Gasteiger partial charge in [-0.05, 0) is 18.6 Å². The van der Waals surface area contributed by atoms with Gasteiger partial charge in [0.25, 0.3) is 0 Å². The standard InChI is InChI=1S/C11H12N2O2S/c1-8-2-3-10-12-9(5-13(10)4-8)6-16-7-11(14)15/h2-5H,6-7H2,1H3,(H,14,15). The molecule has 84 valence electrons. The Bertz CT molecular complexity index is 522. The van der Waals surface area contributed by atoms with Crippen LogP contribution in [0.15, 0.2) is 24.5 Å². The minimum atomic E-state index is -0.787. The van der Waals surface area contributed by atoms with Crippen molar-refractivity contribution in [2.75, 3.05) is 5.75 Å². The number of pyridine rings is 1. The molecule has 0 aliphatic heterocycles. The second kappa shape index (κ2) is 4.57. The zero-order valence-corrected chi connectivity index (χ0v) is 9.70. The second-order valence-corrected chi connectivity index (χ2v) is 4.58. The first kappa shape index (κ1) is 11.0. The van der Waals surface area contributed by atoms with Crippen LogP contribution in [-0.2, 0) is 10.5 Å². The lowest BCUT2D eigenvalue weighted by Crippen LogP contribution is -1.98. The number of rotatable bonds is 4. The molecule has 1 N–H and O–H groups in total. The molecular weight excluding hydrogens is 224 g/mol.